The molecule has 7 nitrogen and oxygen atoms in total. The summed E-state index contributed by atoms with van der Waals surface area (Å²) < 4.78 is 39.6. The van der Waals surface area contributed by atoms with E-state index in [1.165, 1.54) is 31.4 Å². The van der Waals surface area contributed by atoms with E-state index in [0.29, 0.717) is 41.0 Å². The molecule has 0 aliphatic rings. The van der Waals surface area contributed by atoms with Crippen molar-refractivity contribution in [3.63, 3.8) is 0 Å². The van der Waals surface area contributed by atoms with Crippen LogP contribution in [0.15, 0.2) is 76.1 Å². The fraction of sp³-hybridized carbons (Fsp3) is 0.240. The van der Waals surface area contributed by atoms with Gasteiger partial charge in [0.15, 0.2) is 0 Å². The van der Waals surface area contributed by atoms with Crippen molar-refractivity contribution in [3.8, 4) is 11.5 Å². The first-order chi connectivity index (χ1) is 16.2. The number of anilines is 2. The highest BCUT2D eigenvalue weighted by molar-refractivity contribution is 9.10. The van der Waals surface area contributed by atoms with E-state index in [0.717, 1.165) is 10.9 Å². The van der Waals surface area contributed by atoms with Gasteiger partial charge in [0.25, 0.3) is 15.9 Å². The van der Waals surface area contributed by atoms with Crippen molar-refractivity contribution in [3.05, 3.63) is 76.8 Å². The summed E-state index contributed by atoms with van der Waals surface area (Å²) in [5, 5.41) is 2.80. The average molecular weight is 547 g/mol. The Morgan fingerprint density at radius 2 is 1.62 bits per heavy atom. The standard InChI is InChI=1S/C25H27BrN2O5S/c1-17(2)14-15-33-24-13-4-18(26)16-23(24)25(29)27-19-7-11-22(12-8-19)34(30,31)28-20-5-9-21(32-3)10-6-20/h4-13,16-17,28H,14-15H2,1-3H3,(H,27,29). The third-order valence-electron chi connectivity index (χ3n) is 4.90. The SMILES string of the molecule is COc1ccc(NS(=O)(=O)c2ccc(NC(=O)c3cc(Br)ccc3OCCC(C)C)cc2)cc1. The number of rotatable bonds is 10. The number of ether oxygens (including phenoxy) is 2. The Morgan fingerprint density at radius 1 is 0.971 bits per heavy atom. The quantitative estimate of drug-likeness (QED) is 0.328. The minimum Gasteiger partial charge on any atom is -0.497 e. The van der Waals surface area contributed by atoms with Crippen molar-refractivity contribution in [1.82, 2.24) is 0 Å². The van der Waals surface area contributed by atoms with Gasteiger partial charge < -0.3 is 14.8 Å². The lowest BCUT2D eigenvalue weighted by atomic mass is 10.1. The number of hydrogen-bond acceptors (Lipinski definition) is 5. The van der Waals surface area contributed by atoms with E-state index in [1.807, 2.05) is 6.07 Å². The Hall–Kier alpha value is -3.04. The molecule has 0 fully saturated rings. The number of amides is 1. The molecule has 1 amide bonds. The first-order valence-corrected chi connectivity index (χ1v) is 13.0. The van der Waals surface area contributed by atoms with Gasteiger partial charge in [-0.1, -0.05) is 29.8 Å². The van der Waals surface area contributed by atoms with Crippen LogP contribution in [0.3, 0.4) is 0 Å². The average Bonchev–Trinajstić information content (AvgIpc) is 2.80. The largest absolute Gasteiger partial charge is 0.497 e. The molecule has 0 bridgehead atoms. The summed E-state index contributed by atoms with van der Waals surface area (Å²) in [4.78, 5) is 13.0. The molecule has 0 aromatic heterocycles. The summed E-state index contributed by atoms with van der Waals surface area (Å²) >= 11 is 3.39. The third-order valence-corrected chi connectivity index (χ3v) is 6.79. The summed E-state index contributed by atoms with van der Waals surface area (Å²) in [7, 11) is -2.25. The molecule has 3 aromatic rings. The summed E-state index contributed by atoms with van der Waals surface area (Å²) in [6.45, 7) is 4.72. The van der Waals surface area contributed by atoms with Crippen molar-refractivity contribution in [1.29, 1.82) is 0 Å². The summed E-state index contributed by atoms with van der Waals surface area (Å²) in [6, 6.07) is 17.8. The number of hydrogen-bond donors (Lipinski definition) is 2. The molecule has 9 heteroatoms. The number of nitrogens with one attached hydrogen (secondary N) is 2. The topological polar surface area (TPSA) is 93.7 Å². The van der Waals surface area contributed by atoms with Crippen molar-refractivity contribution in [2.75, 3.05) is 23.8 Å². The second-order valence-corrected chi connectivity index (χ2v) is 10.6. The van der Waals surface area contributed by atoms with Gasteiger partial charge in [-0.15, -0.1) is 0 Å². The van der Waals surface area contributed by atoms with Gasteiger partial charge in [0, 0.05) is 15.8 Å². The predicted molar refractivity (Wildman–Crippen MR) is 137 cm³/mol. The molecule has 3 aromatic carbocycles. The number of sulfonamides is 1. The smallest absolute Gasteiger partial charge is 0.261 e. The van der Waals surface area contributed by atoms with E-state index in [2.05, 4.69) is 39.8 Å². The van der Waals surface area contributed by atoms with E-state index in [1.54, 1.807) is 36.4 Å². The molecule has 0 saturated carbocycles. The number of carbonyl (C=O) groups excluding carboxylic acids is 1. The van der Waals surface area contributed by atoms with Gasteiger partial charge in [0.2, 0.25) is 0 Å². The molecule has 0 unspecified atom stereocenters. The summed E-state index contributed by atoms with van der Waals surface area (Å²) in [5.41, 5.74) is 1.26. The van der Waals surface area contributed by atoms with E-state index in [4.69, 9.17) is 9.47 Å². The van der Waals surface area contributed by atoms with Crippen LogP contribution in [0.4, 0.5) is 11.4 Å². The zero-order chi connectivity index (χ0) is 24.7. The van der Waals surface area contributed by atoms with Crippen LogP contribution in [0.1, 0.15) is 30.6 Å². The van der Waals surface area contributed by atoms with E-state index in [9.17, 15) is 13.2 Å². The first kappa shape index (κ1) is 25.6. The molecule has 2 N–H and O–H groups in total. The minimum absolute atomic E-state index is 0.0708. The highest BCUT2D eigenvalue weighted by Crippen LogP contribution is 2.26. The van der Waals surface area contributed by atoms with Crippen LogP contribution < -0.4 is 19.5 Å². The van der Waals surface area contributed by atoms with Crippen LogP contribution in [0.5, 0.6) is 11.5 Å². The first-order valence-electron chi connectivity index (χ1n) is 10.7. The summed E-state index contributed by atoms with van der Waals surface area (Å²) in [5.74, 6) is 1.25. The van der Waals surface area contributed by atoms with Crippen LogP contribution in [-0.4, -0.2) is 28.0 Å². The van der Waals surface area contributed by atoms with Crippen LogP contribution in [0.25, 0.3) is 0 Å². The van der Waals surface area contributed by atoms with E-state index < -0.39 is 10.0 Å². The van der Waals surface area contributed by atoms with Crippen molar-refractivity contribution < 1.29 is 22.7 Å². The summed E-state index contributed by atoms with van der Waals surface area (Å²) in [6.07, 6.45) is 0.873. The number of halogens is 1. The van der Waals surface area contributed by atoms with Gasteiger partial charge in [0.05, 0.1) is 24.2 Å². The maximum Gasteiger partial charge on any atom is 0.261 e. The van der Waals surface area contributed by atoms with Crippen LogP contribution in [0.2, 0.25) is 0 Å². The molecule has 0 atom stereocenters. The molecular weight excluding hydrogens is 520 g/mol. The van der Waals surface area contributed by atoms with Gasteiger partial charge in [0.1, 0.15) is 11.5 Å². The fourth-order valence-electron chi connectivity index (χ4n) is 3.00. The zero-order valence-electron chi connectivity index (χ0n) is 19.2. The molecule has 180 valence electrons. The highest BCUT2D eigenvalue weighted by atomic mass is 79.9. The number of methoxy groups -OCH3 is 1. The van der Waals surface area contributed by atoms with Crippen molar-refractivity contribution in [2.45, 2.75) is 25.2 Å². The fourth-order valence-corrected chi connectivity index (χ4v) is 4.42. The second kappa shape index (κ2) is 11.4. The van der Waals surface area contributed by atoms with Gasteiger partial charge in [-0.05, 0) is 79.1 Å². The monoisotopic (exact) mass is 546 g/mol. The van der Waals surface area contributed by atoms with Gasteiger partial charge >= 0.3 is 0 Å². The van der Waals surface area contributed by atoms with Crippen LogP contribution in [-0.2, 0) is 10.0 Å². The number of benzene rings is 3. The Morgan fingerprint density at radius 3 is 2.24 bits per heavy atom. The lowest BCUT2D eigenvalue weighted by molar-refractivity contribution is 0.102. The maximum atomic E-state index is 12.9. The Balaban J connectivity index is 1.70. The Bertz CT molecular complexity index is 1230. The highest BCUT2D eigenvalue weighted by Gasteiger charge is 2.17. The van der Waals surface area contributed by atoms with E-state index in [-0.39, 0.29) is 10.8 Å². The number of carbonyl (C=O) groups is 1. The molecule has 0 saturated heterocycles. The van der Waals surface area contributed by atoms with Crippen molar-refractivity contribution >= 4 is 43.2 Å². The lowest BCUT2D eigenvalue weighted by Gasteiger charge is -2.14. The van der Waals surface area contributed by atoms with Gasteiger partial charge in [-0.2, -0.15) is 0 Å². The van der Waals surface area contributed by atoms with Crippen molar-refractivity contribution in [2.24, 2.45) is 5.92 Å². The normalized spacial score (nSPS) is 11.2. The molecule has 0 aliphatic carbocycles. The minimum atomic E-state index is -3.79. The zero-order valence-corrected chi connectivity index (χ0v) is 21.6. The Labute approximate surface area is 208 Å². The molecule has 0 radical (unpaired) electrons. The molecule has 0 aliphatic heterocycles. The van der Waals surface area contributed by atoms with Crippen LogP contribution >= 0.6 is 15.9 Å². The van der Waals surface area contributed by atoms with Gasteiger partial charge in [-0.25, -0.2) is 8.42 Å². The second-order valence-electron chi connectivity index (χ2n) is 7.98. The molecule has 0 spiro atoms. The van der Waals surface area contributed by atoms with Crippen LogP contribution in [0, 0.1) is 5.92 Å². The Kier molecular flexibility index (Phi) is 8.57. The third kappa shape index (κ3) is 6.98. The van der Waals surface area contributed by atoms with E-state index >= 15 is 0 Å². The molecular formula is C25H27BrN2O5S. The molecule has 3 rings (SSSR count). The van der Waals surface area contributed by atoms with Gasteiger partial charge in [-0.3, -0.25) is 9.52 Å². The molecule has 34 heavy (non-hydrogen) atoms. The lowest BCUT2D eigenvalue weighted by Crippen LogP contribution is -2.15. The maximum absolute atomic E-state index is 12.9. The predicted octanol–water partition coefficient (Wildman–Crippen LogP) is 5.94. The molecule has 0 heterocycles.